The van der Waals surface area contributed by atoms with Crippen LogP contribution in [0.15, 0.2) is 102 Å². The van der Waals surface area contributed by atoms with Gasteiger partial charge in [-0.25, -0.2) is 0 Å². The predicted octanol–water partition coefficient (Wildman–Crippen LogP) is 9.51. The number of likely N-dealkylation sites (tertiary alicyclic amines) is 2. The number of aromatic hydroxyl groups is 1. The van der Waals surface area contributed by atoms with Gasteiger partial charge >= 0.3 is 0 Å². The molecule has 6 aromatic rings. The highest BCUT2D eigenvalue weighted by molar-refractivity contribution is 7.15. The topological polar surface area (TPSA) is 90.1 Å². The fraction of sp³-hybridized carbons (Fsp3) is 0.396. The molecule has 3 saturated heterocycles. The molecule has 9 nitrogen and oxygen atoms in total. The maximum absolute atomic E-state index is 13.7. The molecule has 0 radical (unpaired) electrons. The summed E-state index contributed by atoms with van der Waals surface area (Å²) in [5.74, 6) is 4.33. The van der Waals surface area contributed by atoms with Crippen molar-refractivity contribution >= 4 is 28.6 Å². The highest BCUT2D eigenvalue weighted by atomic mass is 32.1. The highest BCUT2D eigenvalue weighted by Crippen LogP contribution is 2.47. The van der Waals surface area contributed by atoms with Gasteiger partial charge in [-0.2, -0.15) is 0 Å². The van der Waals surface area contributed by atoms with E-state index in [0.29, 0.717) is 29.4 Å². The van der Waals surface area contributed by atoms with Crippen molar-refractivity contribution in [3.63, 3.8) is 0 Å². The van der Waals surface area contributed by atoms with E-state index in [1.165, 1.54) is 49.5 Å². The molecule has 2 aromatic heterocycles. The summed E-state index contributed by atoms with van der Waals surface area (Å²) in [6, 6.07) is 35.1. The molecular weight excluding hydrogens is 799 g/mol. The number of rotatable bonds is 8. The molecule has 10 heteroatoms. The number of piperidine rings is 1. The molecule has 4 aromatic carbocycles. The van der Waals surface area contributed by atoms with Crippen molar-refractivity contribution in [2.75, 3.05) is 50.7 Å². The van der Waals surface area contributed by atoms with Gasteiger partial charge in [-0.1, -0.05) is 72.8 Å². The van der Waals surface area contributed by atoms with Gasteiger partial charge in [-0.3, -0.25) is 14.4 Å². The summed E-state index contributed by atoms with van der Waals surface area (Å²) >= 11 is 1.79. The van der Waals surface area contributed by atoms with Crippen molar-refractivity contribution < 1.29 is 9.90 Å². The number of hydrogen-bond donors (Lipinski definition) is 1. The third-order valence-corrected chi connectivity index (χ3v) is 16.2. The second-order valence-electron chi connectivity index (χ2n) is 19.0. The third kappa shape index (κ3) is 7.29. The minimum atomic E-state index is -0.101. The zero-order chi connectivity index (χ0) is 42.9. The van der Waals surface area contributed by atoms with Crippen LogP contribution in [-0.2, 0) is 11.2 Å². The normalized spacial score (nSPS) is 21.8. The molecule has 1 amide bonds. The molecule has 6 heterocycles. The Kier molecular flexibility index (Phi) is 10.3. The summed E-state index contributed by atoms with van der Waals surface area (Å²) in [4.78, 5) is 27.4. The van der Waals surface area contributed by atoms with E-state index in [1.807, 2.05) is 19.1 Å². The zero-order valence-corrected chi connectivity index (χ0v) is 37.7. The van der Waals surface area contributed by atoms with Crippen LogP contribution in [0, 0.1) is 32.6 Å². The molecule has 0 bridgehead atoms. The Morgan fingerprint density at radius 1 is 0.810 bits per heavy atom. The van der Waals surface area contributed by atoms with Gasteiger partial charge in [-0.15, -0.1) is 21.5 Å². The van der Waals surface area contributed by atoms with E-state index in [4.69, 9.17) is 4.99 Å². The number of carbonyl (C=O) groups is 1. The summed E-state index contributed by atoms with van der Waals surface area (Å²) in [6.45, 7) is 15.4. The first-order valence-electron chi connectivity index (χ1n) is 23.1. The fourth-order valence-electron chi connectivity index (χ4n) is 11.3. The van der Waals surface area contributed by atoms with E-state index in [9.17, 15) is 9.90 Å². The monoisotopic (exact) mass is 855 g/mol. The molecule has 3 fully saturated rings. The van der Waals surface area contributed by atoms with Gasteiger partial charge in [0.15, 0.2) is 5.82 Å². The Morgan fingerprint density at radius 3 is 2.29 bits per heavy atom. The molecule has 5 aliphatic rings. The van der Waals surface area contributed by atoms with E-state index >= 15 is 0 Å². The van der Waals surface area contributed by atoms with Crippen molar-refractivity contribution in [3.8, 4) is 10.8 Å². The number of thiophene rings is 1. The number of anilines is 1. The average molecular weight is 856 g/mol. The summed E-state index contributed by atoms with van der Waals surface area (Å²) in [5, 5.41) is 20.3. The Labute approximate surface area is 375 Å². The van der Waals surface area contributed by atoms with Crippen molar-refractivity contribution in [2.45, 2.75) is 77.2 Å². The van der Waals surface area contributed by atoms with Crippen LogP contribution in [-0.4, -0.2) is 87.1 Å². The molecular formula is C53H57N7O2S. The van der Waals surface area contributed by atoms with E-state index < -0.39 is 0 Å². The van der Waals surface area contributed by atoms with Gasteiger partial charge in [0.2, 0.25) is 5.91 Å². The van der Waals surface area contributed by atoms with Crippen molar-refractivity contribution in [1.29, 1.82) is 0 Å². The lowest BCUT2D eigenvalue weighted by molar-refractivity contribution is -0.141. The number of aryl methyl sites for hydroxylation is 3. The molecule has 0 spiro atoms. The molecule has 1 N–H and O–H groups in total. The summed E-state index contributed by atoms with van der Waals surface area (Å²) in [7, 11) is 0. The number of fused-ring (bicyclic) bond motifs is 4. The highest BCUT2D eigenvalue weighted by Gasteiger charge is 2.38. The standard InChI is InChI=1S/C53H57N7O2S/c1-32-34(3)63-53-48(32)50(54-33(2)51-56-55-35(4)60(51)53)40-12-10-37(11-13-40)43-30-59(31-43)52(62)41-22-24-57(25-23-41)27-36-28-58(29-36)44-17-14-39(15-18-44)49-46(38-8-6-5-7-9-38)20-16-42-26-45(61)19-21-47(42)49/h5-15,17-19,21,26,33,36,41,43,46,49,61H,16,20,22-25,27-31H2,1-4H3/t33-,46+,49-/m0/s1. The summed E-state index contributed by atoms with van der Waals surface area (Å²) in [5.41, 5.74) is 12.5. The van der Waals surface area contributed by atoms with Gasteiger partial charge < -0.3 is 19.8 Å². The van der Waals surface area contributed by atoms with Gasteiger partial charge in [0.05, 0.1) is 5.71 Å². The van der Waals surface area contributed by atoms with Gasteiger partial charge in [0.1, 0.15) is 22.6 Å². The Bertz CT molecular complexity index is 2680. The third-order valence-electron chi connectivity index (χ3n) is 15.0. The number of nitrogens with zero attached hydrogens (tertiary/aromatic N) is 7. The largest absolute Gasteiger partial charge is 0.508 e. The Morgan fingerprint density at radius 2 is 1.54 bits per heavy atom. The van der Waals surface area contributed by atoms with Crippen LogP contribution >= 0.6 is 11.3 Å². The predicted molar refractivity (Wildman–Crippen MR) is 252 cm³/mol. The number of benzene rings is 4. The van der Waals surface area contributed by atoms with Crippen molar-refractivity contribution in [3.05, 3.63) is 158 Å². The number of hydrogen-bond acceptors (Lipinski definition) is 8. The number of amides is 1. The second kappa shape index (κ2) is 16.2. The molecule has 63 heavy (non-hydrogen) atoms. The molecule has 3 atom stereocenters. The first kappa shape index (κ1) is 40.2. The quantitative estimate of drug-likeness (QED) is 0.164. The van der Waals surface area contributed by atoms with E-state index in [1.54, 1.807) is 11.3 Å². The number of aliphatic imine (C=N–C) groups is 1. The number of phenols is 1. The first-order chi connectivity index (χ1) is 30.7. The Balaban J connectivity index is 0.659. The lowest BCUT2D eigenvalue weighted by Gasteiger charge is -2.45. The second-order valence-corrected chi connectivity index (χ2v) is 20.2. The lowest BCUT2D eigenvalue weighted by atomic mass is 9.69. The maximum atomic E-state index is 13.7. The zero-order valence-electron chi connectivity index (χ0n) is 36.9. The van der Waals surface area contributed by atoms with Crippen LogP contribution in [0.4, 0.5) is 5.69 Å². The van der Waals surface area contributed by atoms with Crippen LogP contribution in [0.5, 0.6) is 5.75 Å². The van der Waals surface area contributed by atoms with Crippen LogP contribution in [0.25, 0.3) is 5.00 Å². The van der Waals surface area contributed by atoms with E-state index in [2.05, 4.69) is 135 Å². The Hall–Kier alpha value is -5.58. The molecule has 0 saturated carbocycles. The van der Waals surface area contributed by atoms with Crippen LogP contribution in [0.2, 0.25) is 0 Å². The van der Waals surface area contributed by atoms with E-state index in [0.717, 1.165) is 99.4 Å². The summed E-state index contributed by atoms with van der Waals surface area (Å²) in [6.07, 6.45) is 3.97. The van der Waals surface area contributed by atoms with Crippen molar-refractivity contribution in [2.24, 2.45) is 16.8 Å². The van der Waals surface area contributed by atoms with Gasteiger partial charge in [0.25, 0.3) is 0 Å². The van der Waals surface area contributed by atoms with Crippen molar-refractivity contribution in [1.82, 2.24) is 24.6 Å². The molecule has 11 rings (SSSR count). The van der Waals surface area contributed by atoms with Gasteiger partial charge in [0, 0.05) is 78.1 Å². The van der Waals surface area contributed by atoms with Crippen LogP contribution in [0.1, 0.15) is 111 Å². The molecule has 322 valence electrons. The SMILES string of the molecule is Cc1sc2c(c1C)C(c1ccc(C3CN(C(=O)C4CCN(CC5CN(c6ccc([C@@H]7c8ccc(O)cc8CC[C@@H]7c7ccccc7)cc6)C5)CC4)C3)cc1)=N[C@@H](C)c1nnc(C)n1-2. The van der Waals surface area contributed by atoms with Crippen LogP contribution in [0.3, 0.4) is 0 Å². The smallest absolute Gasteiger partial charge is 0.225 e. The first-order valence-corrected chi connectivity index (χ1v) is 23.9. The molecule has 4 aliphatic heterocycles. The van der Waals surface area contributed by atoms with Gasteiger partial charge in [-0.05, 0) is 130 Å². The number of aromatic nitrogens is 3. The van der Waals surface area contributed by atoms with Crippen LogP contribution < -0.4 is 4.90 Å². The summed E-state index contributed by atoms with van der Waals surface area (Å²) < 4.78 is 2.19. The maximum Gasteiger partial charge on any atom is 0.225 e. The van der Waals surface area contributed by atoms with E-state index in [-0.39, 0.29) is 17.9 Å². The minimum absolute atomic E-state index is 0.101. The number of phenolic OH excluding ortho intramolecular Hbond substituents is 1. The number of carbonyl (C=O) groups excluding carboxylic acids is 1. The lowest BCUT2D eigenvalue weighted by Crippen LogP contribution is -2.54. The molecule has 1 aliphatic carbocycles. The average Bonchev–Trinajstić information content (AvgIpc) is 3.76. The molecule has 0 unspecified atom stereocenters. The minimum Gasteiger partial charge on any atom is -0.508 e. The fourth-order valence-corrected chi connectivity index (χ4v) is 12.5.